The third-order valence-corrected chi connectivity index (χ3v) is 3.07. The van der Waals surface area contributed by atoms with Gasteiger partial charge in [0.25, 0.3) is 5.91 Å². The van der Waals surface area contributed by atoms with Gasteiger partial charge in [-0.3, -0.25) is 9.59 Å². The molecule has 2 aromatic carbocycles. The Kier molecular flexibility index (Phi) is 5.74. The molecule has 0 aliphatic rings. The molecule has 120 valence electrons. The molecule has 0 aromatic heterocycles. The molecule has 2 N–H and O–H groups in total. The van der Waals surface area contributed by atoms with Gasteiger partial charge in [-0.1, -0.05) is 32.0 Å². The van der Waals surface area contributed by atoms with Crippen LogP contribution in [-0.4, -0.2) is 18.4 Å². The number of rotatable bonds is 6. The molecule has 0 spiro atoms. The summed E-state index contributed by atoms with van der Waals surface area (Å²) in [5.74, 6) is 0.282. The summed E-state index contributed by atoms with van der Waals surface area (Å²) in [6, 6.07) is 16.1. The summed E-state index contributed by atoms with van der Waals surface area (Å²) in [5, 5.41) is 5.53. The van der Waals surface area contributed by atoms with Crippen LogP contribution < -0.4 is 15.4 Å². The van der Waals surface area contributed by atoms with Crippen LogP contribution in [-0.2, 0) is 9.59 Å². The normalized spacial score (nSPS) is 10.2. The van der Waals surface area contributed by atoms with Crippen LogP contribution in [0.1, 0.15) is 13.8 Å². The van der Waals surface area contributed by atoms with E-state index in [-0.39, 0.29) is 24.3 Å². The Balaban J connectivity index is 1.83. The average molecular weight is 312 g/mol. The number of carbonyl (C=O) groups is 2. The molecule has 0 bridgehead atoms. The van der Waals surface area contributed by atoms with Gasteiger partial charge in [0.2, 0.25) is 5.91 Å². The summed E-state index contributed by atoms with van der Waals surface area (Å²) >= 11 is 0. The summed E-state index contributed by atoms with van der Waals surface area (Å²) in [4.78, 5) is 23.4. The smallest absolute Gasteiger partial charge is 0.262 e. The molecule has 0 fully saturated rings. The summed E-state index contributed by atoms with van der Waals surface area (Å²) in [5.41, 5.74) is 1.34. The predicted molar refractivity (Wildman–Crippen MR) is 90.5 cm³/mol. The van der Waals surface area contributed by atoms with Crippen LogP contribution in [0.4, 0.5) is 11.4 Å². The number of hydrogen-bond acceptors (Lipinski definition) is 3. The van der Waals surface area contributed by atoms with E-state index in [9.17, 15) is 9.59 Å². The highest BCUT2D eigenvalue weighted by atomic mass is 16.5. The molecular formula is C18H20N2O3. The van der Waals surface area contributed by atoms with E-state index in [4.69, 9.17) is 4.74 Å². The van der Waals surface area contributed by atoms with E-state index in [1.54, 1.807) is 36.4 Å². The SMILES string of the molecule is CC(C)C(=O)Nc1ccc(NC(=O)COc2ccccc2)cc1. The summed E-state index contributed by atoms with van der Waals surface area (Å²) in [7, 11) is 0. The number of nitrogens with one attached hydrogen (secondary N) is 2. The van der Waals surface area contributed by atoms with Crippen molar-refractivity contribution < 1.29 is 14.3 Å². The number of carbonyl (C=O) groups excluding carboxylic acids is 2. The molecular weight excluding hydrogens is 292 g/mol. The van der Waals surface area contributed by atoms with E-state index in [1.165, 1.54) is 0 Å². The Morgan fingerprint density at radius 3 is 2.04 bits per heavy atom. The van der Waals surface area contributed by atoms with Crippen molar-refractivity contribution in [3.63, 3.8) is 0 Å². The Hall–Kier alpha value is -2.82. The van der Waals surface area contributed by atoms with Gasteiger partial charge in [-0.05, 0) is 36.4 Å². The van der Waals surface area contributed by atoms with Crippen LogP contribution in [0.3, 0.4) is 0 Å². The molecule has 0 heterocycles. The molecule has 5 heteroatoms. The van der Waals surface area contributed by atoms with Gasteiger partial charge in [-0.2, -0.15) is 0 Å². The van der Waals surface area contributed by atoms with Gasteiger partial charge in [0, 0.05) is 17.3 Å². The van der Waals surface area contributed by atoms with Gasteiger partial charge >= 0.3 is 0 Å². The first-order valence-corrected chi connectivity index (χ1v) is 7.43. The number of para-hydroxylation sites is 1. The highest BCUT2D eigenvalue weighted by molar-refractivity contribution is 5.94. The standard InChI is InChI=1S/C18H20N2O3/c1-13(2)18(22)20-15-10-8-14(9-11-15)19-17(21)12-23-16-6-4-3-5-7-16/h3-11,13H,12H2,1-2H3,(H,19,21)(H,20,22). The molecule has 5 nitrogen and oxygen atoms in total. The van der Waals surface area contributed by atoms with Gasteiger partial charge < -0.3 is 15.4 Å². The first kappa shape index (κ1) is 16.5. The fraction of sp³-hybridized carbons (Fsp3) is 0.222. The summed E-state index contributed by atoms with van der Waals surface area (Å²) < 4.78 is 5.37. The Morgan fingerprint density at radius 2 is 1.48 bits per heavy atom. The molecule has 0 saturated carbocycles. The summed E-state index contributed by atoms with van der Waals surface area (Å²) in [6.45, 7) is 3.60. The van der Waals surface area contributed by atoms with Gasteiger partial charge in [0.1, 0.15) is 5.75 Å². The van der Waals surface area contributed by atoms with E-state index >= 15 is 0 Å². The average Bonchev–Trinajstić information content (AvgIpc) is 2.55. The van der Waals surface area contributed by atoms with Gasteiger partial charge in [-0.25, -0.2) is 0 Å². The Morgan fingerprint density at radius 1 is 0.913 bits per heavy atom. The lowest BCUT2D eigenvalue weighted by Gasteiger charge is -2.10. The van der Waals surface area contributed by atoms with Gasteiger partial charge in [-0.15, -0.1) is 0 Å². The van der Waals surface area contributed by atoms with Crippen molar-refractivity contribution in [3.05, 3.63) is 54.6 Å². The number of anilines is 2. The number of benzene rings is 2. The third-order valence-electron chi connectivity index (χ3n) is 3.07. The molecule has 0 atom stereocenters. The molecule has 0 unspecified atom stereocenters. The van der Waals surface area contributed by atoms with E-state index in [0.717, 1.165) is 0 Å². The predicted octanol–water partition coefficient (Wildman–Crippen LogP) is 3.30. The highest BCUT2D eigenvalue weighted by Crippen LogP contribution is 2.15. The lowest BCUT2D eigenvalue weighted by molar-refractivity contribution is -0.119. The van der Waals surface area contributed by atoms with Crippen LogP contribution in [0.5, 0.6) is 5.75 Å². The van der Waals surface area contributed by atoms with Crippen LogP contribution in [0.15, 0.2) is 54.6 Å². The lowest BCUT2D eigenvalue weighted by atomic mass is 10.2. The molecule has 0 aliphatic heterocycles. The Labute approximate surface area is 135 Å². The molecule has 0 saturated heterocycles. The maximum absolute atomic E-state index is 11.8. The largest absolute Gasteiger partial charge is 0.484 e. The minimum atomic E-state index is -0.243. The van der Waals surface area contributed by atoms with Crippen LogP contribution in [0, 0.1) is 5.92 Å². The lowest BCUT2D eigenvalue weighted by Crippen LogP contribution is -2.20. The van der Waals surface area contributed by atoms with Gasteiger partial charge in [0.05, 0.1) is 0 Å². The maximum atomic E-state index is 11.8. The zero-order valence-electron chi connectivity index (χ0n) is 13.2. The third kappa shape index (κ3) is 5.47. The molecule has 23 heavy (non-hydrogen) atoms. The zero-order valence-corrected chi connectivity index (χ0v) is 13.2. The van der Waals surface area contributed by atoms with Crippen molar-refractivity contribution in [3.8, 4) is 5.75 Å². The number of hydrogen-bond donors (Lipinski definition) is 2. The second kappa shape index (κ2) is 7.98. The van der Waals surface area contributed by atoms with Crippen molar-refractivity contribution in [2.45, 2.75) is 13.8 Å². The zero-order chi connectivity index (χ0) is 16.7. The molecule has 0 aliphatic carbocycles. The molecule has 2 aromatic rings. The monoisotopic (exact) mass is 312 g/mol. The second-order valence-electron chi connectivity index (χ2n) is 5.37. The first-order chi connectivity index (χ1) is 11.0. The van der Waals surface area contributed by atoms with Crippen LogP contribution >= 0.6 is 0 Å². The highest BCUT2D eigenvalue weighted by Gasteiger charge is 2.07. The topological polar surface area (TPSA) is 67.4 Å². The minimum absolute atomic E-state index is 0.0435. The Bertz CT molecular complexity index is 652. The van der Waals surface area contributed by atoms with E-state index in [1.807, 2.05) is 32.0 Å². The minimum Gasteiger partial charge on any atom is -0.484 e. The quantitative estimate of drug-likeness (QED) is 0.860. The fourth-order valence-electron chi connectivity index (χ4n) is 1.79. The molecule has 0 radical (unpaired) electrons. The van der Waals surface area contributed by atoms with Gasteiger partial charge in [0.15, 0.2) is 6.61 Å². The summed E-state index contributed by atoms with van der Waals surface area (Å²) in [6.07, 6.45) is 0. The van der Waals surface area contributed by atoms with Crippen molar-refractivity contribution in [2.75, 3.05) is 17.2 Å². The van der Waals surface area contributed by atoms with Crippen molar-refractivity contribution >= 4 is 23.2 Å². The van der Waals surface area contributed by atoms with Crippen LogP contribution in [0.2, 0.25) is 0 Å². The van der Waals surface area contributed by atoms with Crippen molar-refractivity contribution in [1.82, 2.24) is 0 Å². The van der Waals surface area contributed by atoms with E-state index in [0.29, 0.717) is 17.1 Å². The maximum Gasteiger partial charge on any atom is 0.262 e. The van der Waals surface area contributed by atoms with E-state index < -0.39 is 0 Å². The number of ether oxygens (including phenoxy) is 1. The molecule has 2 amide bonds. The molecule has 2 rings (SSSR count). The van der Waals surface area contributed by atoms with E-state index in [2.05, 4.69) is 10.6 Å². The number of amides is 2. The fourth-order valence-corrected chi connectivity index (χ4v) is 1.79. The van der Waals surface area contributed by atoms with Crippen molar-refractivity contribution in [1.29, 1.82) is 0 Å². The van der Waals surface area contributed by atoms with Crippen LogP contribution in [0.25, 0.3) is 0 Å². The second-order valence-corrected chi connectivity index (χ2v) is 5.37. The first-order valence-electron chi connectivity index (χ1n) is 7.43. The van der Waals surface area contributed by atoms with Crippen molar-refractivity contribution in [2.24, 2.45) is 5.92 Å².